The highest BCUT2D eigenvalue weighted by molar-refractivity contribution is 9.10. The lowest BCUT2D eigenvalue weighted by atomic mass is 10.1. The summed E-state index contributed by atoms with van der Waals surface area (Å²) in [6.45, 7) is 8.04. The molecule has 0 aliphatic rings. The summed E-state index contributed by atoms with van der Waals surface area (Å²) in [4.78, 5) is 4.23. The first kappa shape index (κ1) is 15.8. The fourth-order valence-corrected chi connectivity index (χ4v) is 2.58. The van der Waals surface area contributed by atoms with E-state index in [2.05, 4.69) is 32.6 Å². The molecular weight excluding hydrogens is 312 g/mol. The van der Waals surface area contributed by atoms with E-state index in [-0.39, 0.29) is 10.8 Å². The van der Waals surface area contributed by atoms with Crippen molar-refractivity contribution in [2.45, 2.75) is 51.3 Å². The highest BCUT2D eigenvalue weighted by Crippen LogP contribution is 2.22. The quantitative estimate of drug-likeness (QED) is 0.834. The Bertz CT molecular complexity index is 400. The minimum absolute atomic E-state index is 0.0932. The van der Waals surface area contributed by atoms with Gasteiger partial charge in [-0.2, -0.15) is 0 Å². The summed E-state index contributed by atoms with van der Waals surface area (Å²) < 4.78 is 15.9. The molecule has 1 unspecified atom stereocenters. The SMILES string of the molecule is CCC[C@H](NS(=O)C(C)(C)C)c1ccc(Br)nc1. The van der Waals surface area contributed by atoms with Gasteiger partial charge in [0.25, 0.3) is 0 Å². The lowest BCUT2D eigenvalue weighted by Crippen LogP contribution is -2.35. The maximum absolute atomic E-state index is 12.2. The van der Waals surface area contributed by atoms with Gasteiger partial charge in [-0.05, 0) is 54.8 Å². The molecule has 0 radical (unpaired) electrons. The number of nitrogens with one attached hydrogen (secondary N) is 1. The number of hydrogen-bond donors (Lipinski definition) is 1. The van der Waals surface area contributed by atoms with Gasteiger partial charge >= 0.3 is 0 Å². The van der Waals surface area contributed by atoms with Crippen LogP contribution in [0, 0.1) is 0 Å². The van der Waals surface area contributed by atoms with Gasteiger partial charge in [-0.3, -0.25) is 0 Å². The third kappa shape index (κ3) is 4.78. The van der Waals surface area contributed by atoms with E-state index in [4.69, 9.17) is 0 Å². The predicted molar refractivity (Wildman–Crippen MR) is 80.6 cm³/mol. The van der Waals surface area contributed by atoms with Crippen molar-refractivity contribution in [2.24, 2.45) is 0 Å². The molecule has 18 heavy (non-hydrogen) atoms. The molecule has 0 saturated heterocycles. The Labute approximate surface area is 120 Å². The summed E-state index contributed by atoms with van der Waals surface area (Å²) in [5, 5.41) is 0. The third-order valence-electron chi connectivity index (χ3n) is 2.54. The Morgan fingerprint density at radius 2 is 2.11 bits per heavy atom. The van der Waals surface area contributed by atoms with E-state index >= 15 is 0 Å². The van der Waals surface area contributed by atoms with Crippen molar-refractivity contribution < 1.29 is 4.21 Å². The molecule has 3 nitrogen and oxygen atoms in total. The number of pyridine rings is 1. The highest BCUT2D eigenvalue weighted by Gasteiger charge is 2.23. The minimum Gasteiger partial charge on any atom is -0.249 e. The molecule has 0 spiro atoms. The van der Waals surface area contributed by atoms with Crippen LogP contribution in [0.1, 0.15) is 52.1 Å². The molecule has 1 aromatic rings. The van der Waals surface area contributed by atoms with E-state index in [0.29, 0.717) is 0 Å². The molecule has 2 atom stereocenters. The zero-order valence-electron chi connectivity index (χ0n) is 11.4. The summed E-state index contributed by atoms with van der Waals surface area (Å²) in [6.07, 6.45) is 3.82. The summed E-state index contributed by atoms with van der Waals surface area (Å²) >= 11 is 3.32. The zero-order chi connectivity index (χ0) is 13.8. The van der Waals surface area contributed by atoms with Gasteiger partial charge in [0.2, 0.25) is 0 Å². The molecule has 0 aromatic carbocycles. The lowest BCUT2D eigenvalue weighted by Gasteiger charge is -2.24. The first-order chi connectivity index (χ1) is 8.34. The van der Waals surface area contributed by atoms with Gasteiger partial charge in [-0.1, -0.05) is 19.4 Å². The fraction of sp³-hybridized carbons (Fsp3) is 0.615. The van der Waals surface area contributed by atoms with Crippen LogP contribution >= 0.6 is 15.9 Å². The summed E-state index contributed by atoms with van der Waals surface area (Å²) in [6, 6.07) is 4.03. The Morgan fingerprint density at radius 1 is 1.44 bits per heavy atom. The molecule has 0 fully saturated rings. The molecule has 0 amide bonds. The second-order valence-corrected chi connectivity index (χ2v) is 8.06. The number of aromatic nitrogens is 1. The monoisotopic (exact) mass is 332 g/mol. The topological polar surface area (TPSA) is 42.0 Å². The molecule has 1 N–H and O–H groups in total. The maximum Gasteiger partial charge on any atom is 0.106 e. The lowest BCUT2D eigenvalue weighted by molar-refractivity contribution is 0.563. The van der Waals surface area contributed by atoms with Crippen LogP contribution in [0.4, 0.5) is 0 Å². The minimum atomic E-state index is -1.06. The van der Waals surface area contributed by atoms with Crippen molar-refractivity contribution in [3.63, 3.8) is 0 Å². The van der Waals surface area contributed by atoms with Crippen molar-refractivity contribution >= 4 is 26.9 Å². The van der Waals surface area contributed by atoms with Crippen LogP contribution in [-0.4, -0.2) is 13.9 Å². The van der Waals surface area contributed by atoms with Crippen LogP contribution < -0.4 is 4.72 Å². The van der Waals surface area contributed by atoms with Gasteiger partial charge in [0.05, 0.1) is 15.7 Å². The maximum atomic E-state index is 12.2. The molecular formula is C13H21BrN2OS. The van der Waals surface area contributed by atoms with Gasteiger partial charge in [0, 0.05) is 12.2 Å². The van der Waals surface area contributed by atoms with E-state index in [1.54, 1.807) is 0 Å². The van der Waals surface area contributed by atoms with E-state index in [1.165, 1.54) is 0 Å². The largest absolute Gasteiger partial charge is 0.249 e. The first-order valence-electron chi connectivity index (χ1n) is 6.14. The van der Waals surface area contributed by atoms with E-state index in [1.807, 2.05) is 39.1 Å². The summed E-state index contributed by atoms with van der Waals surface area (Å²) in [5.74, 6) is 0. The van der Waals surface area contributed by atoms with Gasteiger partial charge in [0.1, 0.15) is 4.60 Å². The average molecular weight is 333 g/mol. The first-order valence-corrected chi connectivity index (χ1v) is 8.08. The second kappa shape index (κ2) is 6.78. The zero-order valence-corrected chi connectivity index (χ0v) is 13.8. The third-order valence-corrected chi connectivity index (χ3v) is 4.62. The Kier molecular flexibility index (Phi) is 5.95. The average Bonchev–Trinajstić information content (AvgIpc) is 2.28. The van der Waals surface area contributed by atoms with Gasteiger partial charge in [-0.15, -0.1) is 0 Å². The summed E-state index contributed by atoms with van der Waals surface area (Å²) in [5.41, 5.74) is 1.08. The molecule has 0 aliphatic carbocycles. The molecule has 102 valence electrons. The van der Waals surface area contributed by atoms with Gasteiger partial charge < -0.3 is 0 Å². The Morgan fingerprint density at radius 3 is 2.56 bits per heavy atom. The van der Waals surface area contributed by atoms with Gasteiger partial charge in [-0.25, -0.2) is 13.9 Å². The van der Waals surface area contributed by atoms with Crippen molar-refractivity contribution in [3.05, 3.63) is 28.5 Å². The number of nitrogens with zero attached hydrogens (tertiary/aromatic N) is 1. The van der Waals surface area contributed by atoms with Crippen molar-refractivity contribution in [1.82, 2.24) is 9.71 Å². The number of hydrogen-bond acceptors (Lipinski definition) is 2. The van der Waals surface area contributed by atoms with Crippen molar-refractivity contribution in [3.8, 4) is 0 Å². The van der Waals surface area contributed by atoms with Crippen LogP contribution in [0.2, 0.25) is 0 Å². The molecule has 1 rings (SSSR count). The normalized spacial score (nSPS) is 15.4. The van der Waals surface area contributed by atoms with Gasteiger partial charge in [0.15, 0.2) is 0 Å². The fourth-order valence-electron chi connectivity index (χ4n) is 1.48. The summed E-state index contributed by atoms with van der Waals surface area (Å²) in [7, 11) is -1.06. The van der Waals surface area contributed by atoms with Crippen LogP contribution in [0.25, 0.3) is 0 Å². The van der Waals surface area contributed by atoms with Crippen LogP contribution in [0.15, 0.2) is 22.9 Å². The molecule has 0 saturated carbocycles. The molecule has 5 heteroatoms. The highest BCUT2D eigenvalue weighted by atomic mass is 79.9. The predicted octanol–water partition coefficient (Wildman–Crippen LogP) is 3.74. The van der Waals surface area contributed by atoms with E-state index < -0.39 is 11.0 Å². The molecule has 0 aliphatic heterocycles. The van der Waals surface area contributed by atoms with E-state index in [0.717, 1.165) is 23.0 Å². The molecule has 1 aromatic heterocycles. The standard InChI is InChI=1S/C13H21BrN2OS/c1-5-6-11(16-18(17)13(2,3)4)10-7-8-12(14)15-9-10/h7-9,11,16H,5-6H2,1-4H3/t11-,18?/m0/s1. The Hall–Kier alpha value is -0.260. The second-order valence-electron chi connectivity index (χ2n) is 5.25. The van der Waals surface area contributed by atoms with Crippen molar-refractivity contribution in [2.75, 3.05) is 0 Å². The smallest absolute Gasteiger partial charge is 0.106 e. The van der Waals surface area contributed by atoms with Crippen LogP contribution in [0.3, 0.4) is 0 Å². The number of rotatable bonds is 5. The van der Waals surface area contributed by atoms with E-state index in [9.17, 15) is 4.21 Å². The van der Waals surface area contributed by atoms with Crippen LogP contribution in [0.5, 0.6) is 0 Å². The Balaban J connectivity index is 2.83. The van der Waals surface area contributed by atoms with Crippen LogP contribution in [-0.2, 0) is 11.0 Å². The molecule has 1 heterocycles. The molecule has 0 bridgehead atoms. The van der Waals surface area contributed by atoms with Crippen molar-refractivity contribution in [1.29, 1.82) is 0 Å². The number of halogens is 1.